The lowest BCUT2D eigenvalue weighted by Crippen LogP contribution is -2.00. The van der Waals surface area contributed by atoms with Gasteiger partial charge in [0.05, 0.1) is 0 Å². The van der Waals surface area contributed by atoms with Gasteiger partial charge in [0.1, 0.15) is 11.6 Å². The maximum absolute atomic E-state index is 13.5. The number of nitrogens with zero attached hydrogens (tertiary/aromatic N) is 1. The molecule has 0 atom stereocenters. The van der Waals surface area contributed by atoms with Gasteiger partial charge in [-0.05, 0) is 37.5 Å². The SMILES string of the molecule is CC.CC(=NCCc1ccc(F)cc1F)c1ccc(C)cc1. The number of aryl methyl sites for hydroxylation is 1. The van der Waals surface area contributed by atoms with E-state index >= 15 is 0 Å². The number of halogens is 2. The quantitative estimate of drug-likeness (QED) is 0.675. The van der Waals surface area contributed by atoms with Gasteiger partial charge in [-0.1, -0.05) is 49.7 Å². The zero-order valence-corrected chi connectivity index (χ0v) is 13.7. The molecule has 0 heterocycles. The fourth-order valence-corrected chi connectivity index (χ4v) is 1.95. The molecule has 0 spiro atoms. The van der Waals surface area contributed by atoms with Crippen LogP contribution in [0.4, 0.5) is 8.78 Å². The Morgan fingerprint density at radius 1 is 1.00 bits per heavy atom. The van der Waals surface area contributed by atoms with Crippen molar-refractivity contribution in [3.63, 3.8) is 0 Å². The van der Waals surface area contributed by atoms with Crippen LogP contribution in [0.2, 0.25) is 0 Å². The summed E-state index contributed by atoms with van der Waals surface area (Å²) in [6, 6.07) is 11.8. The Kier molecular flexibility index (Phi) is 7.44. The van der Waals surface area contributed by atoms with E-state index in [4.69, 9.17) is 0 Å². The Morgan fingerprint density at radius 3 is 2.23 bits per heavy atom. The highest BCUT2D eigenvalue weighted by molar-refractivity contribution is 5.98. The number of hydrogen-bond donors (Lipinski definition) is 0. The molecule has 0 saturated heterocycles. The number of aliphatic imine (C=N–C) groups is 1. The predicted octanol–water partition coefficient (Wildman–Crippen LogP) is 5.35. The van der Waals surface area contributed by atoms with Crippen LogP contribution in [0, 0.1) is 18.6 Å². The molecule has 0 aliphatic rings. The molecule has 2 aromatic rings. The van der Waals surface area contributed by atoms with Crippen molar-refractivity contribution in [2.24, 2.45) is 4.99 Å². The van der Waals surface area contributed by atoms with Crippen LogP contribution in [-0.2, 0) is 6.42 Å². The van der Waals surface area contributed by atoms with Crippen molar-refractivity contribution >= 4 is 5.71 Å². The lowest BCUT2D eigenvalue weighted by atomic mass is 10.1. The van der Waals surface area contributed by atoms with E-state index in [-0.39, 0.29) is 0 Å². The Morgan fingerprint density at radius 2 is 1.64 bits per heavy atom. The van der Waals surface area contributed by atoms with Crippen molar-refractivity contribution in [1.82, 2.24) is 0 Å². The van der Waals surface area contributed by atoms with Crippen LogP contribution in [0.15, 0.2) is 47.5 Å². The van der Waals surface area contributed by atoms with Gasteiger partial charge in [-0.25, -0.2) is 8.78 Å². The van der Waals surface area contributed by atoms with Crippen molar-refractivity contribution in [2.75, 3.05) is 6.54 Å². The van der Waals surface area contributed by atoms with Gasteiger partial charge in [0, 0.05) is 18.3 Å². The molecule has 0 saturated carbocycles. The van der Waals surface area contributed by atoms with Crippen LogP contribution in [-0.4, -0.2) is 12.3 Å². The fraction of sp³-hybridized carbons (Fsp3) is 0.316. The van der Waals surface area contributed by atoms with Crippen molar-refractivity contribution in [2.45, 2.75) is 34.1 Å². The number of benzene rings is 2. The molecule has 0 aliphatic carbocycles. The van der Waals surface area contributed by atoms with Crippen LogP contribution in [0.25, 0.3) is 0 Å². The minimum atomic E-state index is -0.550. The third-order valence-corrected chi connectivity index (χ3v) is 3.21. The Bertz CT molecular complexity index is 616. The molecule has 0 aromatic heterocycles. The van der Waals surface area contributed by atoms with Crippen LogP contribution >= 0.6 is 0 Å². The molecule has 22 heavy (non-hydrogen) atoms. The molecule has 0 unspecified atom stereocenters. The van der Waals surface area contributed by atoms with E-state index in [0.29, 0.717) is 18.5 Å². The summed E-state index contributed by atoms with van der Waals surface area (Å²) in [6.07, 6.45) is 0.468. The van der Waals surface area contributed by atoms with E-state index < -0.39 is 11.6 Å². The normalized spacial score (nSPS) is 10.9. The van der Waals surface area contributed by atoms with Gasteiger partial charge < -0.3 is 0 Å². The number of hydrogen-bond acceptors (Lipinski definition) is 1. The van der Waals surface area contributed by atoms with E-state index in [0.717, 1.165) is 17.3 Å². The summed E-state index contributed by atoms with van der Waals surface area (Å²) >= 11 is 0. The average molecular weight is 303 g/mol. The maximum Gasteiger partial charge on any atom is 0.129 e. The molecule has 2 rings (SSSR count). The zero-order valence-electron chi connectivity index (χ0n) is 13.7. The van der Waals surface area contributed by atoms with E-state index in [2.05, 4.69) is 4.99 Å². The summed E-state index contributed by atoms with van der Waals surface area (Å²) in [5.74, 6) is -1.06. The van der Waals surface area contributed by atoms with Gasteiger partial charge in [-0.3, -0.25) is 4.99 Å². The van der Waals surface area contributed by atoms with Crippen molar-refractivity contribution < 1.29 is 8.78 Å². The fourth-order valence-electron chi connectivity index (χ4n) is 1.95. The molecule has 0 bridgehead atoms. The molecule has 118 valence electrons. The van der Waals surface area contributed by atoms with Crippen LogP contribution in [0.3, 0.4) is 0 Å². The average Bonchev–Trinajstić information content (AvgIpc) is 2.52. The largest absolute Gasteiger partial charge is 0.289 e. The third-order valence-electron chi connectivity index (χ3n) is 3.21. The monoisotopic (exact) mass is 303 g/mol. The molecule has 0 aliphatic heterocycles. The molecule has 3 heteroatoms. The van der Waals surface area contributed by atoms with Gasteiger partial charge in [-0.2, -0.15) is 0 Å². The van der Waals surface area contributed by atoms with Crippen molar-refractivity contribution in [3.8, 4) is 0 Å². The minimum Gasteiger partial charge on any atom is -0.289 e. The standard InChI is InChI=1S/C17H17F2N.C2H6/c1-12-3-5-14(6-4-12)13(2)20-10-9-15-7-8-16(18)11-17(15)19;1-2/h3-8,11H,9-10H2,1-2H3;1-2H3. The first-order valence-corrected chi connectivity index (χ1v) is 7.58. The summed E-state index contributed by atoms with van der Waals surface area (Å²) in [5.41, 5.74) is 3.68. The Labute approximate surface area is 131 Å². The second-order valence-electron chi connectivity index (χ2n) is 4.82. The molecule has 1 nitrogen and oxygen atoms in total. The molecule has 2 aromatic carbocycles. The lowest BCUT2D eigenvalue weighted by molar-refractivity contribution is 0.572. The van der Waals surface area contributed by atoms with Crippen molar-refractivity contribution in [1.29, 1.82) is 0 Å². The van der Waals surface area contributed by atoms with Crippen LogP contribution < -0.4 is 0 Å². The highest BCUT2D eigenvalue weighted by Gasteiger charge is 2.03. The smallest absolute Gasteiger partial charge is 0.129 e. The van der Waals surface area contributed by atoms with Gasteiger partial charge in [0.15, 0.2) is 0 Å². The van der Waals surface area contributed by atoms with Crippen LogP contribution in [0.5, 0.6) is 0 Å². The van der Waals surface area contributed by atoms with Crippen LogP contribution in [0.1, 0.15) is 37.5 Å². The van der Waals surface area contributed by atoms with Gasteiger partial charge in [0.25, 0.3) is 0 Å². The molecular formula is C19H23F2N. The lowest BCUT2D eigenvalue weighted by Gasteiger charge is -2.04. The molecule has 0 N–H and O–H groups in total. The first-order valence-electron chi connectivity index (χ1n) is 7.58. The van der Waals surface area contributed by atoms with Gasteiger partial charge in [-0.15, -0.1) is 0 Å². The van der Waals surface area contributed by atoms with E-state index in [9.17, 15) is 8.78 Å². The summed E-state index contributed by atoms with van der Waals surface area (Å²) < 4.78 is 26.2. The van der Waals surface area contributed by atoms with E-state index in [1.54, 1.807) is 0 Å². The number of rotatable bonds is 4. The van der Waals surface area contributed by atoms with E-state index in [1.807, 2.05) is 52.0 Å². The van der Waals surface area contributed by atoms with Gasteiger partial charge in [0.2, 0.25) is 0 Å². The molecule has 0 radical (unpaired) electrons. The van der Waals surface area contributed by atoms with Crippen molar-refractivity contribution in [3.05, 3.63) is 70.8 Å². The first kappa shape index (κ1) is 18.0. The highest BCUT2D eigenvalue weighted by Crippen LogP contribution is 2.11. The summed E-state index contributed by atoms with van der Waals surface area (Å²) in [4.78, 5) is 4.44. The Balaban J connectivity index is 0.00000116. The third kappa shape index (κ3) is 5.40. The second-order valence-corrected chi connectivity index (χ2v) is 4.82. The molecular weight excluding hydrogens is 280 g/mol. The van der Waals surface area contributed by atoms with E-state index in [1.165, 1.54) is 17.7 Å². The second kappa shape index (κ2) is 9.08. The highest BCUT2D eigenvalue weighted by atomic mass is 19.1. The van der Waals surface area contributed by atoms with Gasteiger partial charge >= 0.3 is 0 Å². The Hall–Kier alpha value is -2.03. The minimum absolute atomic E-state index is 0.468. The predicted molar refractivity (Wildman–Crippen MR) is 89.7 cm³/mol. The summed E-state index contributed by atoms with van der Waals surface area (Å²) in [5, 5.41) is 0. The maximum atomic E-state index is 13.5. The summed E-state index contributed by atoms with van der Waals surface area (Å²) in [6.45, 7) is 8.46. The summed E-state index contributed by atoms with van der Waals surface area (Å²) in [7, 11) is 0. The molecule has 0 amide bonds. The molecule has 0 fully saturated rings. The first-order chi connectivity index (χ1) is 10.6. The topological polar surface area (TPSA) is 12.4 Å². The zero-order chi connectivity index (χ0) is 16.5.